The van der Waals surface area contributed by atoms with Crippen molar-refractivity contribution in [1.29, 1.82) is 0 Å². The molecule has 6 aromatic rings. The van der Waals surface area contributed by atoms with Crippen LogP contribution in [0.3, 0.4) is 0 Å². The van der Waals surface area contributed by atoms with Gasteiger partial charge in [-0.1, -0.05) is 123 Å². The zero-order chi connectivity index (χ0) is 94.8. The van der Waals surface area contributed by atoms with E-state index in [2.05, 4.69) is 18.1 Å². The number of aliphatic carboxylic acids is 1. The van der Waals surface area contributed by atoms with Gasteiger partial charge < -0.3 is 71.9 Å². The molecule has 6 saturated carbocycles. The number of aryl methyl sites for hydroxylation is 2. The number of methoxy groups -OCH3 is 5. The van der Waals surface area contributed by atoms with E-state index in [4.69, 9.17) is 77.0 Å². The number of benzene rings is 3. The fourth-order valence-electron chi connectivity index (χ4n) is 20.8. The van der Waals surface area contributed by atoms with Gasteiger partial charge in [-0.3, -0.25) is 28.8 Å². The van der Waals surface area contributed by atoms with E-state index in [1.165, 1.54) is 19.1 Å². The van der Waals surface area contributed by atoms with Crippen LogP contribution >= 0.6 is 0 Å². The lowest BCUT2D eigenvalue weighted by Gasteiger charge is -2.34. The zero-order valence-electron chi connectivity index (χ0n) is 79.8. The average molecular weight is 1880 g/mol. The summed E-state index contributed by atoms with van der Waals surface area (Å²) in [5.74, 6) is -2.33. The molecule has 0 spiro atoms. The lowest BCUT2D eigenvalue weighted by atomic mass is 9.77. The first-order valence-electron chi connectivity index (χ1n) is 48.3. The number of rotatable bonds is 20. The number of likely N-dealkylation sites (tertiary alicyclic amines) is 1. The summed E-state index contributed by atoms with van der Waals surface area (Å²) < 4.78 is 64.2. The summed E-state index contributed by atoms with van der Waals surface area (Å²) in [4.78, 5) is 156. The second kappa shape index (κ2) is 43.9. The standard InChI is InChI=1S/C36H47N3O7.C34H45N3O7.C33H43N3O7.3CH4/c1-8-10-11-12-22-17-28(22)45-30(40)19-24(36(3,4)5)34(41)39-20-29(31(21-13-14-21)32(39)35(42)44-7)46-33-25(9-2)37-26-16-15-23(43-6)18-27(26)38-33;1-34(2,3)22-17-28(38)43-26-15-20(26)9-7-6-8-10-24-31(36-25-16-21(41-4)13-14-23(25)35-24)44-27-18-37(32(22)39)30(33(40)42-5)29(27)19-11-12-19;1-33(2,3)21-16-27(37)42-25-14-19(25)8-6-5-7-9-23-30(35-24-15-20(41-4)12-13-22(24)34-23)43-26-17-36(31(21)38)29(32(39)40)28(26)18-10-11-18;;;/h8-9,15-16,18,21-22,24,28-29,31-32H,1-2,10-14,17,19-20H2,3-7H3;13-14,16,19-20,22,26-27,29-30H,6-12,15,17-18H2,1-5H3;12-13,15,18-19,21,25-26,28-29H,5-11,14,16-17H2,1-4H3,(H,39,40);3*1H4/t22-,24-,28-,29+,31-,32+;20-,22-,26-,27+,29-,30+;19-,21-,25-,26+,28-,29+;;;/m111.../s1. The molecule has 742 valence electrons. The van der Waals surface area contributed by atoms with Crippen LogP contribution in [0.1, 0.15) is 249 Å². The van der Waals surface area contributed by atoms with Crippen molar-refractivity contribution in [1.82, 2.24) is 44.6 Å². The molecule has 8 heterocycles. The second-order valence-corrected chi connectivity index (χ2v) is 41.9. The molecule has 30 heteroatoms. The lowest BCUT2D eigenvalue weighted by Crippen LogP contribution is -2.49. The number of esters is 5. The highest BCUT2D eigenvalue weighted by Gasteiger charge is 2.61. The number of carboxylic acid groups (broad SMARTS) is 1. The first-order chi connectivity index (χ1) is 63.6. The van der Waals surface area contributed by atoms with Crippen LogP contribution in [0.4, 0.5) is 0 Å². The predicted octanol–water partition coefficient (Wildman–Crippen LogP) is 17.4. The molecule has 11 aliphatic rings. The van der Waals surface area contributed by atoms with Gasteiger partial charge >= 0.3 is 35.8 Å². The van der Waals surface area contributed by atoms with Gasteiger partial charge in [0.05, 0.1) is 125 Å². The quantitative estimate of drug-likeness (QED) is 0.0321. The number of nitrogens with zero attached hydrogens (tertiary/aromatic N) is 9. The second-order valence-electron chi connectivity index (χ2n) is 41.9. The molecule has 17 rings (SSSR count). The van der Waals surface area contributed by atoms with Gasteiger partial charge in [0.2, 0.25) is 35.4 Å². The number of allylic oxidation sites excluding steroid dienone is 1. The summed E-state index contributed by atoms with van der Waals surface area (Å²) in [5, 5.41) is 10.5. The zero-order valence-corrected chi connectivity index (χ0v) is 79.8. The summed E-state index contributed by atoms with van der Waals surface area (Å²) in [6, 6.07) is 13.9. The maximum absolute atomic E-state index is 14.4. The Morgan fingerprint density at radius 2 is 0.949 bits per heavy atom. The Morgan fingerprint density at radius 3 is 1.38 bits per heavy atom. The molecule has 1 N–H and O–H groups in total. The Balaban J connectivity index is 0.000000181. The Morgan fingerprint density at radius 1 is 0.500 bits per heavy atom. The van der Waals surface area contributed by atoms with Crippen molar-refractivity contribution in [2.75, 3.05) is 55.2 Å². The van der Waals surface area contributed by atoms with E-state index < -0.39 is 88.3 Å². The third-order valence-corrected chi connectivity index (χ3v) is 29.2. The third-order valence-electron chi connectivity index (χ3n) is 29.2. The van der Waals surface area contributed by atoms with Crippen molar-refractivity contribution in [2.24, 2.45) is 87.3 Å². The minimum Gasteiger partial charge on any atom is -0.497 e. The van der Waals surface area contributed by atoms with Crippen LogP contribution in [0.2, 0.25) is 0 Å². The van der Waals surface area contributed by atoms with E-state index in [-0.39, 0.29) is 157 Å². The molecule has 6 aliphatic carbocycles. The summed E-state index contributed by atoms with van der Waals surface area (Å²) in [5.41, 5.74) is 4.35. The molecule has 30 nitrogen and oxygen atoms in total. The van der Waals surface area contributed by atoms with Crippen molar-refractivity contribution >= 4 is 92.7 Å². The number of hydrogen-bond donors (Lipinski definition) is 1. The molecule has 3 saturated heterocycles. The van der Waals surface area contributed by atoms with Crippen molar-refractivity contribution in [2.45, 2.75) is 300 Å². The van der Waals surface area contributed by atoms with Gasteiger partial charge in [0.1, 0.15) is 89.1 Å². The molecule has 0 unspecified atom stereocenters. The van der Waals surface area contributed by atoms with E-state index in [9.17, 15) is 48.3 Å². The fraction of sp³-hybridized carbons (Fsp3) is 0.651. The summed E-state index contributed by atoms with van der Waals surface area (Å²) in [6.45, 7) is 25.5. The maximum Gasteiger partial charge on any atom is 0.329 e. The van der Waals surface area contributed by atoms with E-state index in [1.54, 1.807) is 43.3 Å². The molecule has 0 radical (unpaired) electrons. The van der Waals surface area contributed by atoms with Gasteiger partial charge in [-0.15, -0.1) is 6.58 Å². The minimum atomic E-state index is -1.05. The highest BCUT2D eigenvalue weighted by atomic mass is 16.6. The number of amides is 3. The van der Waals surface area contributed by atoms with E-state index >= 15 is 0 Å². The predicted molar refractivity (Wildman–Crippen MR) is 514 cm³/mol. The van der Waals surface area contributed by atoms with Crippen molar-refractivity contribution in [3.05, 3.63) is 90.9 Å². The topological polar surface area (TPSA) is 362 Å². The minimum absolute atomic E-state index is 0. The van der Waals surface area contributed by atoms with Crippen LogP contribution in [0.5, 0.6) is 34.9 Å². The Kier molecular flexibility index (Phi) is 33.6. The van der Waals surface area contributed by atoms with Crippen LogP contribution in [0.15, 0.2) is 73.8 Å². The molecule has 3 aromatic carbocycles. The molecule has 4 bridgehead atoms. The lowest BCUT2D eigenvalue weighted by molar-refractivity contribution is -0.158. The number of carbonyl (C=O) groups excluding carboxylic acids is 8. The van der Waals surface area contributed by atoms with Crippen LogP contribution < -0.4 is 28.4 Å². The summed E-state index contributed by atoms with van der Waals surface area (Å²) in [7, 11) is 7.49. The van der Waals surface area contributed by atoms with Crippen LogP contribution in [-0.2, 0) is 79.7 Å². The van der Waals surface area contributed by atoms with Gasteiger partial charge in [0, 0.05) is 36.0 Å². The van der Waals surface area contributed by atoms with Crippen LogP contribution in [0.25, 0.3) is 39.2 Å². The fourth-order valence-corrected chi connectivity index (χ4v) is 20.8. The molecule has 9 fully saturated rings. The van der Waals surface area contributed by atoms with Crippen LogP contribution in [-0.4, -0.2) is 213 Å². The molecule has 136 heavy (non-hydrogen) atoms. The Hall–Kier alpha value is -10.8. The number of carboxylic acids is 1. The van der Waals surface area contributed by atoms with E-state index in [0.717, 1.165) is 151 Å². The van der Waals surface area contributed by atoms with Gasteiger partial charge in [-0.2, -0.15) is 0 Å². The van der Waals surface area contributed by atoms with E-state index in [0.29, 0.717) is 87.4 Å². The highest BCUT2D eigenvalue weighted by molar-refractivity contribution is 5.92. The molecule has 18 atom stereocenters. The first kappa shape index (κ1) is 104. The summed E-state index contributed by atoms with van der Waals surface area (Å²) in [6.07, 6.45) is 21.8. The number of unbranched alkanes of at least 4 members (excludes halogenated alkanes) is 1. The number of carbonyl (C=O) groups is 9. The Labute approximate surface area is 801 Å². The molecular formula is C106H147N9O21. The number of aromatic nitrogens is 6. The Bertz CT molecular complexity index is 5320. The molecule has 3 aromatic heterocycles. The number of hydrogen-bond acceptors (Lipinski definition) is 26. The number of fused-ring (bicyclic) bond motifs is 11. The van der Waals surface area contributed by atoms with Gasteiger partial charge in [0.25, 0.3) is 0 Å². The van der Waals surface area contributed by atoms with E-state index in [1.807, 2.05) is 117 Å². The highest BCUT2D eigenvalue weighted by Crippen LogP contribution is 2.53. The largest absolute Gasteiger partial charge is 0.497 e. The first-order valence-corrected chi connectivity index (χ1v) is 48.3. The van der Waals surface area contributed by atoms with Crippen molar-refractivity contribution < 1.29 is 100 Å². The molecular weight excluding hydrogens is 1740 g/mol. The third kappa shape index (κ3) is 24.5. The van der Waals surface area contributed by atoms with Gasteiger partial charge in [-0.05, 0) is 210 Å². The normalized spacial score (nSPS) is 27.6. The molecule has 5 aliphatic heterocycles. The monoisotopic (exact) mass is 1880 g/mol. The van der Waals surface area contributed by atoms with Gasteiger partial charge in [0.15, 0.2) is 0 Å². The number of ether oxygens (including phenoxy) is 11. The average Bonchev–Trinajstić information content (AvgIpc) is 1.61. The molecule has 3 amide bonds. The SMILES string of the molecule is C.C.C.C=CCCC[C@@H]1C[C@H]1OC(=O)C[C@H](C(=O)N1C[C@H](Oc2nc3cc(OC)ccc3nc2C=C)[C@@H](C2CC2)[C@H]1C(=O)OC)C(C)(C)C.COC(=O)[C@@H]1[C@H](C2CC2)[C@@H]2CN1C(=O)[C@H](C(C)(C)C)CC(=O)O[C@@H]1C[C@H]1CCCCCc1nc3ccc(OC)cc3nc1O2.COc1ccc2nc3c(nc2c1)O[C@H]1CN(C(=O)[C@H](C(C)(C)C)CC(=O)O[C@@H]2C[C@H]2CCCCC3)[C@H](C(=O)O)[C@@H]1C1CC1. The van der Waals surface area contributed by atoms with Crippen molar-refractivity contribution in [3.63, 3.8) is 0 Å². The summed E-state index contributed by atoms with van der Waals surface area (Å²) >= 11 is 0. The van der Waals surface area contributed by atoms with Gasteiger partial charge in [-0.25, -0.2) is 44.3 Å². The van der Waals surface area contributed by atoms with Crippen molar-refractivity contribution in [3.8, 4) is 34.9 Å². The maximum atomic E-state index is 14.4. The van der Waals surface area contributed by atoms with Crippen LogP contribution in [0, 0.1) is 87.3 Å². The smallest absolute Gasteiger partial charge is 0.329 e.